The molecule has 1 saturated heterocycles. The lowest BCUT2D eigenvalue weighted by Gasteiger charge is -2.34. The summed E-state index contributed by atoms with van der Waals surface area (Å²) in [5.74, 6) is -0.454. The van der Waals surface area contributed by atoms with E-state index >= 15 is 0 Å². The topological polar surface area (TPSA) is 33.2 Å². The maximum atomic E-state index is 13.5. The monoisotopic (exact) mass is 256 g/mol. The van der Waals surface area contributed by atoms with Crippen LogP contribution in [0.1, 0.15) is 29.6 Å². The van der Waals surface area contributed by atoms with E-state index in [-0.39, 0.29) is 17.5 Å². The molecule has 1 aliphatic rings. The average Bonchev–Trinajstić information content (AvgIpc) is 2.38. The molecule has 3 nitrogen and oxygen atoms in total. The number of hydrogen-bond acceptors (Lipinski definition) is 2. The number of pyridine rings is 1. The Bertz CT molecular complexity index is 413. The third-order valence-corrected chi connectivity index (χ3v) is 3.43. The van der Waals surface area contributed by atoms with Gasteiger partial charge in [-0.05, 0) is 25.3 Å². The molecule has 0 bridgehead atoms. The van der Waals surface area contributed by atoms with Crippen molar-refractivity contribution in [2.24, 2.45) is 0 Å². The van der Waals surface area contributed by atoms with Crippen LogP contribution in [0.3, 0.4) is 0 Å². The van der Waals surface area contributed by atoms with E-state index in [1.165, 1.54) is 12.3 Å². The Morgan fingerprint density at radius 1 is 1.59 bits per heavy atom. The normalized spacial score (nSPS) is 20.4. The third kappa shape index (κ3) is 2.57. The van der Waals surface area contributed by atoms with Crippen molar-refractivity contribution in [3.63, 3.8) is 0 Å². The highest BCUT2D eigenvalue weighted by atomic mass is 35.5. The number of halogens is 2. The summed E-state index contributed by atoms with van der Waals surface area (Å²) in [7, 11) is 0. The van der Waals surface area contributed by atoms with Crippen molar-refractivity contribution in [3.8, 4) is 0 Å². The fourth-order valence-electron chi connectivity index (χ4n) is 2.13. The van der Waals surface area contributed by atoms with Gasteiger partial charge in [-0.2, -0.15) is 0 Å². The molecule has 2 rings (SSSR count). The quantitative estimate of drug-likeness (QED) is 0.762. The number of carbonyl (C=O) groups is 1. The van der Waals surface area contributed by atoms with Gasteiger partial charge in [-0.3, -0.25) is 9.78 Å². The molecule has 0 saturated carbocycles. The number of aromatic nitrogens is 1. The van der Waals surface area contributed by atoms with Crippen LogP contribution in [0.15, 0.2) is 18.5 Å². The Morgan fingerprint density at radius 2 is 2.41 bits per heavy atom. The summed E-state index contributed by atoms with van der Waals surface area (Å²) in [5, 5.41) is 0. The molecule has 1 aromatic heterocycles. The fraction of sp³-hybridized carbons (Fsp3) is 0.500. The van der Waals surface area contributed by atoms with Gasteiger partial charge in [0.05, 0.1) is 11.8 Å². The first-order valence-corrected chi connectivity index (χ1v) is 6.24. The van der Waals surface area contributed by atoms with Crippen molar-refractivity contribution in [1.82, 2.24) is 9.88 Å². The maximum Gasteiger partial charge on any atom is 0.257 e. The van der Waals surface area contributed by atoms with Crippen LogP contribution in [0.4, 0.5) is 4.39 Å². The van der Waals surface area contributed by atoms with E-state index in [1.54, 1.807) is 4.90 Å². The van der Waals surface area contributed by atoms with Gasteiger partial charge in [0, 0.05) is 24.7 Å². The number of likely N-dealkylation sites (tertiary alicyclic amines) is 1. The molecule has 1 unspecified atom stereocenters. The van der Waals surface area contributed by atoms with Crippen LogP contribution in [0, 0.1) is 5.82 Å². The van der Waals surface area contributed by atoms with Crippen LogP contribution in [0.2, 0.25) is 0 Å². The summed E-state index contributed by atoms with van der Waals surface area (Å²) in [6.07, 6.45) is 5.40. The first-order chi connectivity index (χ1) is 8.24. The molecule has 1 fully saturated rings. The standard InChI is InChI=1S/C12H14ClFN2O/c13-7-9-3-1-2-6-16(9)12(17)10-4-5-15-8-11(10)14/h4-5,8-9H,1-3,6-7H2. The number of hydrogen-bond donors (Lipinski definition) is 0. The molecule has 17 heavy (non-hydrogen) atoms. The summed E-state index contributed by atoms with van der Waals surface area (Å²) in [4.78, 5) is 17.5. The highest BCUT2D eigenvalue weighted by molar-refractivity contribution is 6.18. The van der Waals surface area contributed by atoms with Crippen molar-refractivity contribution in [2.45, 2.75) is 25.3 Å². The third-order valence-electron chi connectivity index (χ3n) is 3.07. The summed E-state index contributed by atoms with van der Waals surface area (Å²) < 4.78 is 13.5. The van der Waals surface area contributed by atoms with Crippen LogP contribution in [0.25, 0.3) is 0 Å². The first-order valence-electron chi connectivity index (χ1n) is 5.70. The largest absolute Gasteiger partial charge is 0.334 e. The molecule has 1 atom stereocenters. The molecule has 1 aromatic rings. The zero-order valence-corrected chi connectivity index (χ0v) is 10.2. The van der Waals surface area contributed by atoms with Crippen molar-refractivity contribution >= 4 is 17.5 Å². The second-order valence-corrected chi connectivity index (χ2v) is 4.47. The zero-order valence-electron chi connectivity index (χ0n) is 9.40. The number of piperidine rings is 1. The van der Waals surface area contributed by atoms with Crippen LogP contribution >= 0.6 is 11.6 Å². The van der Waals surface area contributed by atoms with Gasteiger partial charge in [0.2, 0.25) is 0 Å². The van der Waals surface area contributed by atoms with Gasteiger partial charge in [0.1, 0.15) is 0 Å². The Hall–Kier alpha value is -1.16. The van der Waals surface area contributed by atoms with Crippen LogP contribution < -0.4 is 0 Å². The van der Waals surface area contributed by atoms with Gasteiger partial charge in [-0.1, -0.05) is 0 Å². The zero-order chi connectivity index (χ0) is 12.3. The Morgan fingerprint density at radius 3 is 3.12 bits per heavy atom. The number of nitrogens with zero attached hydrogens (tertiary/aromatic N) is 2. The predicted molar refractivity (Wildman–Crippen MR) is 63.6 cm³/mol. The molecule has 0 N–H and O–H groups in total. The molecular formula is C12H14ClFN2O. The van der Waals surface area contributed by atoms with Crippen LogP contribution in [0.5, 0.6) is 0 Å². The molecule has 0 aliphatic carbocycles. The lowest BCUT2D eigenvalue weighted by Crippen LogP contribution is -2.45. The highest BCUT2D eigenvalue weighted by Gasteiger charge is 2.28. The van der Waals surface area contributed by atoms with E-state index in [0.29, 0.717) is 12.4 Å². The molecule has 1 amide bonds. The van der Waals surface area contributed by atoms with Crippen LogP contribution in [-0.2, 0) is 0 Å². The minimum absolute atomic E-state index is 0.0190. The summed E-state index contributed by atoms with van der Waals surface area (Å²) >= 11 is 5.85. The minimum atomic E-state index is -0.573. The van der Waals surface area contributed by atoms with Crippen molar-refractivity contribution in [1.29, 1.82) is 0 Å². The lowest BCUT2D eigenvalue weighted by atomic mass is 10.0. The Labute approximate surface area is 105 Å². The molecule has 92 valence electrons. The Balaban J connectivity index is 2.21. The van der Waals surface area contributed by atoms with E-state index in [9.17, 15) is 9.18 Å². The van der Waals surface area contributed by atoms with Crippen molar-refractivity contribution < 1.29 is 9.18 Å². The minimum Gasteiger partial charge on any atom is -0.334 e. The maximum absolute atomic E-state index is 13.5. The van der Waals surface area contributed by atoms with E-state index in [2.05, 4.69) is 4.98 Å². The summed E-state index contributed by atoms with van der Waals surface area (Å²) in [5.41, 5.74) is 0.0806. The van der Waals surface area contributed by atoms with Crippen molar-refractivity contribution in [2.75, 3.05) is 12.4 Å². The van der Waals surface area contributed by atoms with Crippen LogP contribution in [-0.4, -0.2) is 34.3 Å². The average molecular weight is 257 g/mol. The number of alkyl halides is 1. The van der Waals surface area contributed by atoms with Gasteiger partial charge in [-0.15, -0.1) is 11.6 Å². The number of carbonyl (C=O) groups excluding carboxylic acids is 1. The van der Waals surface area contributed by atoms with Gasteiger partial charge in [0.15, 0.2) is 5.82 Å². The van der Waals surface area contributed by atoms with Gasteiger partial charge >= 0.3 is 0 Å². The lowest BCUT2D eigenvalue weighted by molar-refractivity contribution is 0.0634. The summed E-state index contributed by atoms with van der Waals surface area (Å²) in [6, 6.07) is 1.43. The van der Waals surface area contributed by atoms with E-state index < -0.39 is 5.82 Å². The SMILES string of the molecule is O=C(c1ccncc1F)N1CCCCC1CCl. The van der Waals surface area contributed by atoms with Gasteiger partial charge in [0.25, 0.3) is 5.91 Å². The molecule has 0 aromatic carbocycles. The summed E-state index contributed by atoms with van der Waals surface area (Å²) in [6.45, 7) is 0.651. The molecule has 5 heteroatoms. The fourth-order valence-corrected chi connectivity index (χ4v) is 2.45. The predicted octanol–water partition coefficient (Wildman–Crippen LogP) is 2.45. The van der Waals surface area contributed by atoms with Gasteiger partial charge < -0.3 is 4.90 Å². The van der Waals surface area contributed by atoms with Gasteiger partial charge in [-0.25, -0.2) is 4.39 Å². The second kappa shape index (κ2) is 5.45. The van der Waals surface area contributed by atoms with Crippen molar-refractivity contribution in [3.05, 3.63) is 29.8 Å². The molecule has 0 spiro atoms. The van der Waals surface area contributed by atoms with E-state index in [4.69, 9.17) is 11.6 Å². The van der Waals surface area contributed by atoms with E-state index in [0.717, 1.165) is 25.5 Å². The smallest absolute Gasteiger partial charge is 0.257 e. The number of rotatable bonds is 2. The van der Waals surface area contributed by atoms with E-state index in [1.807, 2.05) is 0 Å². The first kappa shape index (κ1) is 12.3. The molecule has 0 radical (unpaired) electrons. The highest BCUT2D eigenvalue weighted by Crippen LogP contribution is 2.21. The molecular weight excluding hydrogens is 243 g/mol. The molecule has 1 aliphatic heterocycles. The second-order valence-electron chi connectivity index (χ2n) is 4.16. The Kier molecular flexibility index (Phi) is 3.94. The number of amides is 1. The molecule has 2 heterocycles.